The quantitative estimate of drug-likeness (QED) is 0.0337. The van der Waals surface area contributed by atoms with E-state index >= 15 is 0 Å². The molecule has 0 radical (unpaired) electrons. The van der Waals surface area contributed by atoms with Crippen LogP contribution in [0.4, 0.5) is 4.79 Å². The van der Waals surface area contributed by atoms with Gasteiger partial charge in [0.2, 0.25) is 6.79 Å². The van der Waals surface area contributed by atoms with Crippen LogP contribution in [-0.2, 0) is 34.4 Å². The summed E-state index contributed by atoms with van der Waals surface area (Å²) in [4.78, 5) is 37.4. The molecule has 0 aliphatic carbocycles. The van der Waals surface area contributed by atoms with Gasteiger partial charge in [-0.05, 0) is 33.6 Å². The number of carbonyl (C=O) groups excluding carboxylic acids is 1. The number of ether oxygens (including phenoxy) is 3. The summed E-state index contributed by atoms with van der Waals surface area (Å²) in [6.07, 6.45) is 20.7. The Hall–Kier alpha value is -2.20. The molecule has 0 amide bonds. The number of nitrogens with one attached hydrogen (secondary N) is 1. The molecule has 11 nitrogen and oxygen atoms in total. The third-order valence-corrected chi connectivity index (χ3v) is 8.59. The lowest BCUT2D eigenvalue weighted by atomic mass is 10.0. The first-order valence-electron chi connectivity index (χ1n) is 16.4. The van der Waals surface area contributed by atoms with Crippen molar-refractivity contribution in [1.29, 1.82) is 0 Å². The van der Waals surface area contributed by atoms with Crippen molar-refractivity contribution in [2.45, 2.75) is 130 Å². The monoisotopic (exact) mass is 644 g/mol. The molecule has 1 rings (SSSR count). The van der Waals surface area contributed by atoms with Crippen molar-refractivity contribution < 1.29 is 32.6 Å². The van der Waals surface area contributed by atoms with Crippen molar-refractivity contribution in [3.05, 3.63) is 44.8 Å². The van der Waals surface area contributed by atoms with E-state index in [-0.39, 0.29) is 25.4 Å². The lowest BCUT2D eigenvalue weighted by Gasteiger charge is -2.17. The summed E-state index contributed by atoms with van der Waals surface area (Å²) in [7, 11) is -3.67. The number of rotatable bonds is 27. The minimum absolute atomic E-state index is 0.105. The average Bonchev–Trinajstić information content (AvgIpc) is 2.97. The van der Waals surface area contributed by atoms with Crippen molar-refractivity contribution >= 4 is 13.8 Å². The topological polar surface area (TPSA) is 135 Å². The second kappa shape index (κ2) is 25.0. The Labute approximate surface area is 263 Å². The molecule has 0 saturated heterocycles. The largest absolute Gasteiger partial charge is 0.510 e. The van der Waals surface area contributed by atoms with Crippen LogP contribution in [0.15, 0.2) is 27.9 Å². The van der Waals surface area contributed by atoms with Crippen LogP contribution in [-0.4, -0.2) is 54.6 Å². The molecule has 0 aliphatic heterocycles. The maximum absolute atomic E-state index is 13.3. The number of carbonyl (C=O) groups is 1. The van der Waals surface area contributed by atoms with Crippen LogP contribution in [0.25, 0.3) is 0 Å². The number of H-pyrrole nitrogens is 1. The Kier molecular flexibility index (Phi) is 22.7. The molecule has 1 unspecified atom stereocenters. The molecular weight excluding hydrogens is 587 g/mol. The van der Waals surface area contributed by atoms with Gasteiger partial charge in [0, 0.05) is 31.5 Å². The SMILES string of the molecule is CCCCCCCCCCCCCCCOCCCOP(=O)(C/C=C/Cn1cc(C)c(=O)[nH]c1=O)OCOC(=O)OC(C)C. The number of aryl methyl sites for hydroxylation is 1. The summed E-state index contributed by atoms with van der Waals surface area (Å²) in [6.45, 7) is 8.06. The zero-order valence-corrected chi connectivity index (χ0v) is 28.4. The first-order valence-corrected chi connectivity index (χ1v) is 18.1. The van der Waals surface area contributed by atoms with Crippen LogP contribution < -0.4 is 11.2 Å². The highest BCUT2D eigenvalue weighted by Crippen LogP contribution is 2.48. The highest BCUT2D eigenvalue weighted by Gasteiger charge is 2.24. The molecule has 0 aliphatic rings. The molecule has 44 heavy (non-hydrogen) atoms. The molecular formula is C32H57N2O9P. The first kappa shape index (κ1) is 39.8. The van der Waals surface area contributed by atoms with E-state index in [2.05, 4.69) is 11.9 Å². The van der Waals surface area contributed by atoms with Gasteiger partial charge in [-0.1, -0.05) is 96.1 Å². The fourth-order valence-electron chi connectivity index (χ4n) is 4.36. The Morgan fingerprint density at radius 1 is 0.864 bits per heavy atom. The van der Waals surface area contributed by atoms with Crippen molar-refractivity contribution in [3.63, 3.8) is 0 Å². The maximum Gasteiger partial charge on any atom is 0.510 e. The third kappa shape index (κ3) is 20.7. The summed E-state index contributed by atoms with van der Waals surface area (Å²) in [5.74, 6) is 0. The van der Waals surface area contributed by atoms with E-state index < -0.39 is 31.8 Å². The van der Waals surface area contributed by atoms with Crippen molar-refractivity contribution in [2.24, 2.45) is 0 Å². The number of hydrogen-bond donors (Lipinski definition) is 1. The molecule has 0 spiro atoms. The van der Waals surface area contributed by atoms with Gasteiger partial charge in [0.05, 0.1) is 18.9 Å². The predicted octanol–water partition coefficient (Wildman–Crippen LogP) is 7.64. The van der Waals surface area contributed by atoms with E-state index in [1.807, 2.05) is 0 Å². The first-order chi connectivity index (χ1) is 21.2. The average molecular weight is 645 g/mol. The van der Waals surface area contributed by atoms with Crippen molar-refractivity contribution in [3.8, 4) is 0 Å². The smallest absolute Gasteiger partial charge is 0.432 e. The van der Waals surface area contributed by atoms with E-state index in [9.17, 15) is 18.9 Å². The molecule has 0 bridgehead atoms. The highest BCUT2D eigenvalue weighted by atomic mass is 31.2. The van der Waals surface area contributed by atoms with Gasteiger partial charge in [-0.25, -0.2) is 9.59 Å². The Bertz CT molecular complexity index is 1080. The lowest BCUT2D eigenvalue weighted by molar-refractivity contribution is -0.0130. The van der Waals surface area contributed by atoms with Crippen LogP contribution in [0, 0.1) is 6.92 Å². The van der Waals surface area contributed by atoms with Crippen LogP contribution in [0.5, 0.6) is 0 Å². The molecule has 1 aromatic rings. The molecule has 1 aromatic heterocycles. The van der Waals surface area contributed by atoms with E-state index in [4.69, 9.17) is 23.3 Å². The second-order valence-electron chi connectivity index (χ2n) is 11.3. The van der Waals surface area contributed by atoms with E-state index in [0.717, 1.165) is 12.8 Å². The molecule has 12 heteroatoms. The minimum Gasteiger partial charge on any atom is -0.432 e. The molecule has 0 aromatic carbocycles. The van der Waals surface area contributed by atoms with Crippen LogP contribution in [0.1, 0.15) is 116 Å². The fourth-order valence-corrected chi connectivity index (χ4v) is 5.67. The van der Waals surface area contributed by atoms with Gasteiger partial charge in [-0.2, -0.15) is 0 Å². The zero-order valence-electron chi connectivity index (χ0n) is 27.5. The number of unbranched alkanes of at least 4 members (excludes halogenated alkanes) is 12. The van der Waals surface area contributed by atoms with Gasteiger partial charge in [0.1, 0.15) is 0 Å². The van der Waals surface area contributed by atoms with E-state index in [1.165, 1.54) is 81.4 Å². The van der Waals surface area contributed by atoms with Gasteiger partial charge >= 0.3 is 19.4 Å². The Morgan fingerprint density at radius 2 is 1.45 bits per heavy atom. The molecule has 1 heterocycles. The normalized spacial score (nSPS) is 13.0. The molecule has 1 atom stereocenters. The van der Waals surface area contributed by atoms with Gasteiger partial charge in [-0.3, -0.25) is 23.4 Å². The lowest BCUT2D eigenvalue weighted by Crippen LogP contribution is -2.30. The summed E-state index contributed by atoms with van der Waals surface area (Å²) in [5, 5.41) is 0. The third-order valence-electron chi connectivity index (χ3n) is 6.86. The molecule has 0 fully saturated rings. The number of nitrogens with zero attached hydrogens (tertiary/aromatic N) is 1. The minimum atomic E-state index is -3.67. The Balaban J connectivity index is 2.29. The van der Waals surface area contributed by atoms with E-state index in [0.29, 0.717) is 25.2 Å². The molecule has 1 N–H and O–H groups in total. The number of aromatic nitrogens is 2. The zero-order chi connectivity index (χ0) is 32.5. The molecule has 254 valence electrons. The summed E-state index contributed by atoms with van der Waals surface area (Å²) < 4.78 is 40.9. The van der Waals surface area contributed by atoms with Crippen LogP contribution in [0.2, 0.25) is 0 Å². The van der Waals surface area contributed by atoms with Gasteiger partial charge in [0.25, 0.3) is 5.56 Å². The number of hydrogen-bond acceptors (Lipinski definition) is 9. The second-order valence-corrected chi connectivity index (χ2v) is 13.4. The summed E-state index contributed by atoms with van der Waals surface area (Å²) in [6, 6.07) is 0. The van der Waals surface area contributed by atoms with Gasteiger partial charge in [-0.15, -0.1) is 0 Å². The maximum atomic E-state index is 13.3. The summed E-state index contributed by atoms with van der Waals surface area (Å²) in [5.41, 5.74) is -0.584. The van der Waals surface area contributed by atoms with Crippen molar-refractivity contribution in [2.75, 3.05) is 32.8 Å². The van der Waals surface area contributed by atoms with Crippen molar-refractivity contribution in [1.82, 2.24) is 9.55 Å². The molecule has 0 saturated carbocycles. The standard InChI is InChI=1S/C32H57N2O9P/c1-5-6-7-8-9-10-11-12-13-14-15-16-18-22-39-23-20-24-41-44(38,42-27-40-32(37)43-28(2)3)25-19-17-21-34-26-29(4)30(35)33-31(34)36/h17,19,26,28H,5-16,18,20-25,27H2,1-4H3,(H,33,35,36)/b19-17+. The van der Waals surface area contributed by atoms with Gasteiger partial charge < -0.3 is 18.7 Å². The van der Waals surface area contributed by atoms with Gasteiger partial charge in [0.15, 0.2) is 0 Å². The number of aromatic amines is 1. The van der Waals surface area contributed by atoms with Crippen LogP contribution >= 0.6 is 7.60 Å². The number of allylic oxidation sites excluding steroid dienone is 2. The fraction of sp³-hybridized carbons (Fsp3) is 0.781. The summed E-state index contributed by atoms with van der Waals surface area (Å²) >= 11 is 0. The Morgan fingerprint density at radius 3 is 2.07 bits per heavy atom. The van der Waals surface area contributed by atoms with Crippen LogP contribution in [0.3, 0.4) is 0 Å². The predicted molar refractivity (Wildman–Crippen MR) is 173 cm³/mol. The highest BCUT2D eigenvalue weighted by molar-refractivity contribution is 7.54. The van der Waals surface area contributed by atoms with E-state index in [1.54, 1.807) is 32.9 Å².